The number of likely N-dealkylation sites (tertiary alicyclic amines) is 1. The predicted molar refractivity (Wildman–Crippen MR) is 142 cm³/mol. The Labute approximate surface area is 226 Å². The Hall–Kier alpha value is -4.26. The second-order valence-corrected chi connectivity index (χ2v) is 11.3. The van der Waals surface area contributed by atoms with Crippen molar-refractivity contribution in [2.75, 3.05) is 17.8 Å². The Kier molecular flexibility index (Phi) is 6.85. The molecule has 0 spiro atoms. The van der Waals surface area contributed by atoms with Gasteiger partial charge in [-0.25, -0.2) is 18.1 Å². The van der Waals surface area contributed by atoms with Crippen LogP contribution in [0, 0.1) is 27.7 Å². The van der Waals surface area contributed by atoms with Crippen molar-refractivity contribution in [1.82, 2.24) is 29.8 Å². The number of anilines is 1. The molecule has 204 valence electrons. The SMILES string of the molecule is Cc1cccc(C)c1-c1cc(OC2CCN(C(=O)c3c(C)noc3C)C2)nc(NS(=O)(=O)c2cnn(C)c2)n1. The Balaban J connectivity index is 1.44. The van der Waals surface area contributed by atoms with Gasteiger partial charge in [0.15, 0.2) is 0 Å². The van der Waals surface area contributed by atoms with Crippen molar-refractivity contribution < 1.29 is 22.5 Å². The third kappa shape index (κ3) is 5.35. The highest BCUT2D eigenvalue weighted by atomic mass is 32.2. The molecule has 3 aromatic heterocycles. The molecule has 0 radical (unpaired) electrons. The van der Waals surface area contributed by atoms with Crippen LogP contribution in [0.15, 0.2) is 46.1 Å². The Morgan fingerprint density at radius 3 is 2.54 bits per heavy atom. The first-order valence-corrected chi connectivity index (χ1v) is 13.9. The minimum Gasteiger partial charge on any atom is -0.472 e. The van der Waals surface area contributed by atoms with Crippen LogP contribution in [0.2, 0.25) is 0 Å². The van der Waals surface area contributed by atoms with E-state index >= 15 is 0 Å². The highest BCUT2D eigenvalue weighted by Gasteiger charge is 2.32. The van der Waals surface area contributed by atoms with Gasteiger partial charge in [-0.3, -0.25) is 9.48 Å². The summed E-state index contributed by atoms with van der Waals surface area (Å²) in [5, 5.41) is 7.82. The number of hydrogen-bond acceptors (Lipinski definition) is 9. The fourth-order valence-electron chi connectivity index (χ4n) is 4.72. The van der Waals surface area contributed by atoms with Crippen LogP contribution in [-0.2, 0) is 17.1 Å². The number of nitrogens with zero attached hydrogens (tertiary/aromatic N) is 6. The van der Waals surface area contributed by atoms with E-state index in [1.807, 2.05) is 32.0 Å². The fraction of sp³-hybridized carbons (Fsp3) is 0.346. The van der Waals surface area contributed by atoms with Crippen molar-refractivity contribution in [3.05, 3.63) is 64.8 Å². The first-order chi connectivity index (χ1) is 18.5. The van der Waals surface area contributed by atoms with Gasteiger partial charge in [0.1, 0.15) is 22.3 Å². The zero-order valence-corrected chi connectivity index (χ0v) is 23.1. The minimum atomic E-state index is -3.99. The molecule has 1 fully saturated rings. The number of amides is 1. The molecule has 1 N–H and O–H groups in total. The number of ether oxygens (including phenoxy) is 1. The van der Waals surface area contributed by atoms with E-state index in [1.165, 1.54) is 17.1 Å². The molecular formula is C26H29N7O5S. The molecule has 0 aliphatic carbocycles. The Bertz CT molecular complexity index is 1620. The van der Waals surface area contributed by atoms with Crippen LogP contribution in [-0.4, -0.2) is 63.3 Å². The summed E-state index contributed by atoms with van der Waals surface area (Å²) in [6, 6.07) is 7.55. The molecule has 13 heteroatoms. The van der Waals surface area contributed by atoms with Crippen molar-refractivity contribution in [2.45, 2.75) is 45.1 Å². The number of rotatable bonds is 7. The van der Waals surface area contributed by atoms with Crippen molar-refractivity contribution in [1.29, 1.82) is 0 Å². The Morgan fingerprint density at radius 2 is 1.90 bits per heavy atom. The molecule has 4 heterocycles. The summed E-state index contributed by atoms with van der Waals surface area (Å²) in [7, 11) is -2.36. The molecule has 1 amide bonds. The molecule has 39 heavy (non-hydrogen) atoms. The summed E-state index contributed by atoms with van der Waals surface area (Å²) in [4.78, 5) is 23.6. The average Bonchev–Trinajstić information content (AvgIpc) is 3.59. The topological polar surface area (TPSA) is 145 Å². The molecule has 0 bridgehead atoms. The predicted octanol–water partition coefficient (Wildman–Crippen LogP) is 3.19. The van der Waals surface area contributed by atoms with Gasteiger partial charge in [0, 0.05) is 37.8 Å². The summed E-state index contributed by atoms with van der Waals surface area (Å²) in [5.74, 6) is 0.376. The minimum absolute atomic E-state index is 0.0159. The molecular weight excluding hydrogens is 522 g/mol. The number of benzene rings is 1. The summed E-state index contributed by atoms with van der Waals surface area (Å²) in [5.41, 5.74) is 4.31. The molecule has 4 aromatic rings. The van der Waals surface area contributed by atoms with Gasteiger partial charge in [0.05, 0.1) is 24.1 Å². The average molecular weight is 552 g/mol. The quantitative estimate of drug-likeness (QED) is 0.366. The maximum absolute atomic E-state index is 13.1. The van der Waals surface area contributed by atoms with Gasteiger partial charge in [-0.2, -0.15) is 10.1 Å². The van der Waals surface area contributed by atoms with Crippen molar-refractivity contribution in [3.63, 3.8) is 0 Å². The number of nitrogens with one attached hydrogen (secondary N) is 1. The Morgan fingerprint density at radius 1 is 1.15 bits per heavy atom. The summed E-state index contributed by atoms with van der Waals surface area (Å²) in [6.45, 7) is 8.18. The van der Waals surface area contributed by atoms with E-state index in [0.29, 0.717) is 42.2 Å². The van der Waals surface area contributed by atoms with E-state index in [4.69, 9.17) is 9.26 Å². The van der Waals surface area contributed by atoms with E-state index in [2.05, 4.69) is 24.9 Å². The number of aryl methyl sites for hydroxylation is 5. The van der Waals surface area contributed by atoms with E-state index < -0.39 is 10.0 Å². The second-order valence-electron chi connectivity index (χ2n) is 9.62. The van der Waals surface area contributed by atoms with Crippen molar-refractivity contribution >= 4 is 21.9 Å². The largest absolute Gasteiger partial charge is 0.472 e. The van der Waals surface area contributed by atoms with Gasteiger partial charge in [-0.15, -0.1) is 0 Å². The first kappa shape index (κ1) is 26.4. The lowest BCUT2D eigenvalue weighted by molar-refractivity contribution is 0.0768. The number of sulfonamides is 1. The van der Waals surface area contributed by atoms with Crippen LogP contribution in [0.1, 0.15) is 39.4 Å². The van der Waals surface area contributed by atoms with Gasteiger partial charge in [-0.05, 0) is 38.8 Å². The van der Waals surface area contributed by atoms with E-state index in [-0.39, 0.29) is 28.7 Å². The van der Waals surface area contributed by atoms with Gasteiger partial charge >= 0.3 is 0 Å². The standard InChI is InChI=1S/C26H29N7O5S/c1-15-7-6-8-16(2)23(15)21-11-22(29-26(28-21)31-39(35,36)20-12-27-32(5)14-20)37-19-9-10-33(13-19)25(34)24-17(3)30-38-18(24)4/h6-8,11-12,14,19H,9-10,13H2,1-5H3,(H,28,29,31). The van der Waals surface area contributed by atoms with Gasteiger partial charge in [0.25, 0.3) is 15.9 Å². The third-order valence-electron chi connectivity index (χ3n) is 6.62. The summed E-state index contributed by atoms with van der Waals surface area (Å²) >= 11 is 0. The number of aromatic nitrogens is 5. The second kappa shape index (κ2) is 10.1. The van der Waals surface area contributed by atoms with Crippen LogP contribution in [0.25, 0.3) is 11.3 Å². The number of carbonyl (C=O) groups excluding carboxylic acids is 1. The number of carbonyl (C=O) groups is 1. The van der Waals surface area contributed by atoms with E-state index in [9.17, 15) is 13.2 Å². The van der Waals surface area contributed by atoms with Crippen molar-refractivity contribution in [3.8, 4) is 17.1 Å². The molecule has 5 rings (SSSR count). The first-order valence-electron chi connectivity index (χ1n) is 12.4. The molecule has 0 saturated carbocycles. The highest BCUT2D eigenvalue weighted by Crippen LogP contribution is 2.30. The molecule has 1 unspecified atom stereocenters. The van der Waals surface area contributed by atoms with Crippen LogP contribution in [0.3, 0.4) is 0 Å². The zero-order valence-electron chi connectivity index (χ0n) is 22.3. The monoisotopic (exact) mass is 551 g/mol. The lowest BCUT2D eigenvalue weighted by atomic mass is 10.00. The van der Waals surface area contributed by atoms with Crippen LogP contribution < -0.4 is 9.46 Å². The lowest BCUT2D eigenvalue weighted by Gasteiger charge is -2.18. The zero-order chi connectivity index (χ0) is 27.9. The fourth-order valence-corrected chi connectivity index (χ4v) is 5.65. The smallest absolute Gasteiger partial charge is 0.267 e. The van der Waals surface area contributed by atoms with E-state index in [0.717, 1.165) is 16.7 Å². The van der Waals surface area contributed by atoms with Gasteiger partial charge in [0.2, 0.25) is 11.8 Å². The molecule has 1 atom stereocenters. The molecule has 1 aromatic carbocycles. The van der Waals surface area contributed by atoms with E-state index in [1.54, 1.807) is 31.9 Å². The number of hydrogen-bond donors (Lipinski definition) is 1. The maximum Gasteiger partial charge on any atom is 0.267 e. The van der Waals surface area contributed by atoms with Crippen LogP contribution in [0.5, 0.6) is 5.88 Å². The summed E-state index contributed by atoms with van der Waals surface area (Å²) < 4.78 is 41.2. The molecule has 1 aliphatic heterocycles. The lowest BCUT2D eigenvalue weighted by Crippen LogP contribution is -2.31. The van der Waals surface area contributed by atoms with Gasteiger partial charge in [-0.1, -0.05) is 23.4 Å². The van der Waals surface area contributed by atoms with Gasteiger partial charge < -0.3 is 14.2 Å². The van der Waals surface area contributed by atoms with Crippen LogP contribution in [0.4, 0.5) is 5.95 Å². The van der Waals surface area contributed by atoms with Crippen molar-refractivity contribution in [2.24, 2.45) is 7.05 Å². The third-order valence-corrected chi connectivity index (χ3v) is 7.91. The molecule has 1 saturated heterocycles. The highest BCUT2D eigenvalue weighted by molar-refractivity contribution is 7.92. The normalized spacial score (nSPS) is 15.5. The maximum atomic E-state index is 13.1. The molecule has 1 aliphatic rings. The summed E-state index contributed by atoms with van der Waals surface area (Å²) in [6.07, 6.45) is 2.86. The molecule has 12 nitrogen and oxygen atoms in total. The van der Waals surface area contributed by atoms with Crippen LogP contribution >= 0.6 is 0 Å².